The highest BCUT2D eigenvalue weighted by molar-refractivity contribution is 6.30. The minimum atomic E-state index is 0.150. The molecular formula is C22H22ClN3O. The van der Waals surface area contributed by atoms with Gasteiger partial charge in [0, 0.05) is 17.1 Å². The molecule has 1 N–H and O–H groups in total. The van der Waals surface area contributed by atoms with Crippen molar-refractivity contribution >= 4 is 28.9 Å². The number of hydrogen-bond donors (Lipinski definition) is 1. The van der Waals surface area contributed by atoms with Gasteiger partial charge in [0.1, 0.15) is 0 Å². The van der Waals surface area contributed by atoms with Crippen LogP contribution in [0.25, 0.3) is 5.69 Å². The predicted molar refractivity (Wildman–Crippen MR) is 109 cm³/mol. The highest BCUT2D eigenvalue weighted by Crippen LogP contribution is 2.34. The quantitative estimate of drug-likeness (QED) is 0.642. The van der Waals surface area contributed by atoms with Gasteiger partial charge in [-0.05, 0) is 60.7 Å². The molecule has 0 radical (unpaired) electrons. The summed E-state index contributed by atoms with van der Waals surface area (Å²) in [6, 6.07) is 15.8. The van der Waals surface area contributed by atoms with Gasteiger partial charge in [-0.15, -0.1) is 5.10 Å². The Kier molecular flexibility index (Phi) is 4.75. The zero-order valence-corrected chi connectivity index (χ0v) is 16.3. The average molecular weight is 380 g/mol. The minimum absolute atomic E-state index is 0.150. The van der Waals surface area contributed by atoms with Gasteiger partial charge in [-0.2, -0.15) is 0 Å². The van der Waals surface area contributed by atoms with E-state index in [1.807, 2.05) is 41.1 Å². The maximum absolute atomic E-state index is 12.8. The first kappa shape index (κ1) is 17.8. The summed E-state index contributed by atoms with van der Waals surface area (Å²) in [6.45, 7) is 4.24. The third-order valence-corrected chi connectivity index (χ3v) is 5.28. The van der Waals surface area contributed by atoms with E-state index in [1.165, 1.54) is 5.56 Å². The van der Waals surface area contributed by atoms with Gasteiger partial charge in [0.15, 0.2) is 11.6 Å². The Bertz CT molecular complexity index is 974. The summed E-state index contributed by atoms with van der Waals surface area (Å²) in [5, 5.41) is 8.79. The first-order valence-corrected chi connectivity index (χ1v) is 9.70. The molecule has 4 rings (SSSR count). The zero-order chi connectivity index (χ0) is 19.0. The van der Waals surface area contributed by atoms with Crippen LogP contribution in [0.15, 0.2) is 48.5 Å². The number of Topliss-reactive ketones (excluding diaryl/α,β-unsaturated/α-hetero) is 1. The Morgan fingerprint density at radius 3 is 2.48 bits per heavy atom. The zero-order valence-electron chi connectivity index (χ0n) is 15.5. The number of rotatable bonds is 4. The van der Waals surface area contributed by atoms with Crippen LogP contribution in [0.5, 0.6) is 0 Å². The molecule has 0 fully saturated rings. The largest absolute Gasteiger partial charge is 0.338 e. The van der Waals surface area contributed by atoms with E-state index in [1.54, 1.807) is 0 Å². The molecule has 3 aromatic rings. The molecule has 1 heterocycles. The molecule has 0 aliphatic heterocycles. The van der Waals surface area contributed by atoms with Crippen molar-refractivity contribution in [1.82, 2.24) is 9.78 Å². The van der Waals surface area contributed by atoms with E-state index in [2.05, 4.69) is 31.3 Å². The molecule has 0 bridgehead atoms. The van der Waals surface area contributed by atoms with Crippen LogP contribution in [0.3, 0.4) is 0 Å². The molecule has 1 aliphatic carbocycles. The van der Waals surface area contributed by atoms with Gasteiger partial charge < -0.3 is 5.32 Å². The molecule has 0 saturated heterocycles. The van der Waals surface area contributed by atoms with Crippen LogP contribution in [0, 0.1) is 5.92 Å². The standard InChI is InChI=1S/C22H22ClN3O/c1-3-15-4-8-17(9-5-15)24-22-21-19(12-14(2)13-20(21)27)26(25-22)18-10-6-16(23)7-11-18/h4-11,14H,3,12-13H2,1-2H3,(H,24,25). The Morgan fingerprint density at radius 1 is 1.11 bits per heavy atom. The average Bonchev–Trinajstić information content (AvgIpc) is 3.01. The number of nitrogens with zero attached hydrogens (tertiary/aromatic N) is 2. The first-order valence-electron chi connectivity index (χ1n) is 9.32. The van der Waals surface area contributed by atoms with Crippen molar-refractivity contribution in [3.8, 4) is 5.69 Å². The number of aryl methyl sites for hydroxylation is 1. The fourth-order valence-corrected chi connectivity index (χ4v) is 3.73. The van der Waals surface area contributed by atoms with Crippen LogP contribution in [0.4, 0.5) is 11.5 Å². The van der Waals surface area contributed by atoms with Gasteiger partial charge >= 0.3 is 0 Å². The van der Waals surface area contributed by atoms with Crippen molar-refractivity contribution in [2.75, 3.05) is 5.32 Å². The Labute approximate surface area is 164 Å². The minimum Gasteiger partial charge on any atom is -0.338 e. The lowest BCUT2D eigenvalue weighted by Gasteiger charge is -2.19. The van der Waals surface area contributed by atoms with E-state index >= 15 is 0 Å². The van der Waals surface area contributed by atoms with Crippen LogP contribution in [0.1, 0.15) is 41.9 Å². The Hall–Kier alpha value is -2.59. The van der Waals surface area contributed by atoms with Crippen molar-refractivity contribution < 1.29 is 4.79 Å². The third kappa shape index (κ3) is 3.50. The predicted octanol–water partition coefficient (Wildman–Crippen LogP) is 5.60. The summed E-state index contributed by atoms with van der Waals surface area (Å²) < 4.78 is 1.88. The van der Waals surface area contributed by atoms with E-state index in [-0.39, 0.29) is 5.78 Å². The van der Waals surface area contributed by atoms with Crippen LogP contribution in [-0.4, -0.2) is 15.6 Å². The topological polar surface area (TPSA) is 46.9 Å². The van der Waals surface area contributed by atoms with E-state index in [0.717, 1.165) is 29.9 Å². The molecule has 27 heavy (non-hydrogen) atoms. The van der Waals surface area contributed by atoms with Crippen LogP contribution in [-0.2, 0) is 12.8 Å². The van der Waals surface area contributed by atoms with Crippen molar-refractivity contribution in [2.45, 2.75) is 33.1 Å². The lowest BCUT2D eigenvalue weighted by atomic mass is 9.87. The molecule has 4 nitrogen and oxygen atoms in total. The summed E-state index contributed by atoms with van der Waals surface area (Å²) >= 11 is 6.03. The van der Waals surface area contributed by atoms with Gasteiger partial charge in [0.05, 0.1) is 16.9 Å². The molecule has 1 atom stereocenters. The number of aromatic nitrogens is 2. The Morgan fingerprint density at radius 2 is 1.81 bits per heavy atom. The lowest BCUT2D eigenvalue weighted by Crippen LogP contribution is -2.19. The number of anilines is 2. The molecule has 138 valence electrons. The molecule has 1 aromatic heterocycles. The first-order chi connectivity index (χ1) is 13.0. The number of benzene rings is 2. The van der Waals surface area contributed by atoms with E-state index in [4.69, 9.17) is 16.7 Å². The van der Waals surface area contributed by atoms with Crippen LogP contribution in [0.2, 0.25) is 5.02 Å². The lowest BCUT2D eigenvalue weighted by molar-refractivity contribution is 0.0953. The van der Waals surface area contributed by atoms with Gasteiger partial charge in [0.2, 0.25) is 0 Å². The summed E-state index contributed by atoms with van der Waals surface area (Å²) in [7, 11) is 0. The molecule has 1 aliphatic rings. The molecular weight excluding hydrogens is 358 g/mol. The SMILES string of the molecule is CCc1ccc(Nc2nn(-c3ccc(Cl)cc3)c3c2C(=O)CC(C)C3)cc1. The molecule has 5 heteroatoms. The van der Waals surface area contributed by atoms with E-state index in [0.29, 0.717) is 28.7 Å². The number of nitrogens with one attached hydrogen (secondary N) is 1. The normalized spacial score (nSPS) is 16.3. The molecule has 0 amide bonds. The molecule has 1 unspecified atom stereocenters. The van der Waals surface area contributed by atoms with Crippen molar-refractivity contribution in [3.63, 3.8) is 0 Å². The number of carbonyl (C=O) groups is 1. The third-order valence-electron chi connectivity index (χ3n) is 5.03. The fourth-order valence-electron chi connectivity index (χ4n) is 3.60. The molecule has 0 saturated carbocycles. The fraction of sp³-hybridized carbons (Fsp3) is 0.273. The summed E-state index contributed by atoms with van der Waals surface area (Å²) in [5.74, 6) is 1.09. The maximum Gasteiger partial charge on any atom is 0.168 e. The molecule has 0 spiro atoms. The second-order valence-electron chi connectivity index (χ2n) is 7.17. The van der Waals surface area contributed by atoms with Crippen LogP contribution >= 0.6 is 11.6 Å². The highest BCUT2D eigenvalue weighted by Gasteiger charge is 2.31. The number of fused-ring (bicyclic) bond motifs is 1. The second-order valence-corrected chi connectivity index (χ2v) is 7.61. The number of ketones is 1. The van der Waals surface area contributed by atoms with Crippen molar-refractivity contribution in [1.29, 1.82) is 0 Å². The summed E-state index contributed by atoms with van der Waals surface area (Å²) in [6.07, 6.45) is 2.38. The van der Waals surface area contributed by atoms with Gasteiger partial charge in [0.25, 0.3) is 0 Å². The van der Waals surface area contributed by atoms with Crippen molar-refractivity contribution in [2.24, 2.45) is 5.92 Å². The van der Waals surface area contributed by atoms with Gasteiger partial charge in [-0.25, -0.2) is 4.68 Å². The smallest absolute Gasteiger partial charge is 0.168 e. The molecule has 2 aromatic carbocycles. The number of halogens is 1. The second kappa shape index (κ2) is 7.20. The Balaban J connectivity index is 1.78. The van der Waals surface area contributed by atoms with E-state index < -0.39 is 0 Å². The maximum atomic E-state index is 12.8. The van der Waals surface area contributed by atoms with Gasteiger partial charge in [-0.1, -0.05) is 37.6 Å². The monoisotopic (exact) mass is 379 g/mol. The van der Waals surface area contributed by atoms with Crippen molar-refractivity contribution in [3.05, 3.63) is 70.4 Å². The van der Waals surface area contributed by atoms with E-state index in [9.17, 15) is 4.79 Å². The summed E-state index contributed by atoms with van der Waals surface area (Å²) in [4.78, 5) is 12.8. The number of carbonyl (C=O) groups excluding carboxylic acids is 1. The van der Waals surface area contributed by atoms with Gasteiger partial charge in [-0.3, -0.25) is 4.79 Å². The van der Waals surface area contributed by atoms with Crippen LogP contribution < -0.4 is 5.32 Å². The highest BCUT2D eigenvalue weighted by atomic mass is 35.5. The summed E-state index contributed by atoms with van der Waals surface area (Å²) in [5.41, 5.74) is 4.80. The number of hydrogen-bond acceptors (Lipinski definition) is 3.